The number of allylic oxidation sites excluding steroid dienone is 4. The second-order valence-electron chi connectivity index (χ2n) is 7.34. The maximum absolute atomic E-state index is 7.00. The van der Waals surface area contributed by atoms with E-state index in [1.807, 2.05) is 46.8 Å². The van der Waals surface area contributed by atoms with Crippen LogP contribution in [0.1, 0.15) is 81.1 Å². The van der Waals surface area contributed by atoms with E-state index in [2.05, 4.69) is 37.8 Å². The molecule has 0 aromatic rings. The zero-order chi connectivity index (χ0) is 26.2. The quantitative estimate of drug-likeness (QED) is 0.254. The number of ether oxygens (including phenoxy) is 2. The molecule has 5 nitrogen and oxygen atoms in total. The number of nitrogens with zero attached hydrogens (tertiary/aromatic N) is 1. The van der Waals surface area contributed by atoms with Crippen LogP contribution in [0.15, 0.2) is 47.0 Å². The third-order valence-corrected chi connectivity index (χ3v) is 5.38. The lowest BCUT2D eigenvalue weighted by Crippen LogP contribution is -2.39. The molecule has 2 atom stereocenters. The Morgan fingerprint density at radius 1 is 1.12 bits per heavy atom. The summed E-state index contributed by atoms with van der Waals surface area (Å²) in [7, 11) is 4.42. The monoisotopic (exact) mass is 468 g/mol. The maximum Gasteiger partial charge on any atom is 0.117 e. The van der Waals surface area contributed by atoms with Crippen LogP contribution < -0.4 is 5.73 Å². The molecule has 5 heteroatoms. The number of rotatable bonds is 12. The minimum atomic E-state index is 0.487. The molecule has 1 rings (SSSR count). The van der Waals surface area contributed by atoms with Crippen LogP contribution in [0.2, 0.25) is 0 Å². The molecule has 0 fully saturated rings. The van der Waals surface area contributed by atoms with Crippen molar-refractivity contribution in [3.63, 3.8) is 0 Å². The smallest absolute Gasteiger partial charge is 0.117 e. The standard InChI is InChI=1S/C23H40N2O2.2C2H6.CH4O/c1-7-10-20-14-21(13-19(20)8-2)25(17-18(4)16-24)12-11-23(27-6)15-22(9-3)26-5;3*1-2/h7,9-10,15,18,21H,8,11-14,16-17,24H2,1-6H3;2*1-2H3;2H,1H3/b10-7-,22-9+,23-15+;;;. The number of hydrogen-bond acceptors (Lipinski definition) is 5. The largest absolute Gasteiger partial charge is 0.501 e. The van der Waals surface area contributed by atoms with Gasteiger partial charge in [0.05, 0.1) is 14.2 Å². The van der Waals surface area contributed by atoms with E-state index in [9.17, 15) is 0 Å². The molecule has 0 aromatic heterocycles. The number of aliphatic hydroxyl groups is 1. The van der Waals surface area contributed by atoms with Gasteiger partial charge in [-0.3, -0.25) is 4.90 Å². The summed E-state index contributed by atoms with van der Waals surface area (Å²) in [6.45, 7) is 19.3. The average molecular weight is 469 g/mol. The summed E-state index contributed by atoms with van der Waals surface area (Å²) in [6, 6.07) is 0.557. The Bertz CT molecular complexity index is 565. The Hall–Kier alpha value is -1.56. The molecule has 0 saturated carbocycles. The van der Waals surface area contributed by atoms with Crippen LogP contribution >= 0.6 is 0 Å². The summed E-state index contributed by atoms with van der Waals surface area (Å²) >= 11 is 0. The molecule has 0 radical (unpaired) electrons. The maximum atomic E-state index is 7.00. The van der Waals surface area contributed by atoms with Crippen LogP contribution in [0.4, 0.5) is 0 Å². The van der Waals surface area contributed by atoms with Gasteiger partial charge in [-0.05, 0) is 57.2 Å². The number of nitrogens with two attached hydrogens (primary N) is 1. The van der Waals surface area contributed by atoms with Crippen LogP contribution in [0, 0.1) is 5.92 Å². The number of aliphatic hydroxyl groups excluding tert-OH is 1. The minimum absolute atomic E-state index is 0.487. The normalized spacial score (nSPS) is 17.0. The second-order valence-corrected chi connectivity index (χ2v) is 7.34. The van der Waals surface area contributed by atoms with E-state index >= 15 is 0 Å². The van der Waals surface area contributed by atoms with Gasteiger partial charge in [-0.25, -0.2) is 0 Å². The summed E-state index contributed by atoms with van der Waals surface area (Å²) in [5, 5.41) is 7.00. The zero-order valence-corrected chi connectivity index (χ0v) is 23.7. The van der Waals surface area contributed by atoms with Crippen molar-refractivity contribution >= 4 is 0 Å². The van der Waals surface area contributed by atoms with E-state index in [0.29, 0.717) is 12.0 Å². The van der Waals surface area contributed by atoms with Gasteiger partial charge in [-0.15, -0.1) is 0 Å². The van der Waals surface area contributed by atoms with E-state index in [0.717, 1.165) is 63.9 Å². The molecule has 0 aliphatic heterocycles. The highest BCUT2D eigenvalue weighted by Gasteiger charge is 2.27. The van der Waals surface area contributed by atoms with Gasteiger partial charge in [-0.2, -0.15) is 0 Å². The van der Waals surface area contributed by atoms with Gasteiger partial charge in [0, 0.05) is 38.7 Å². The van der Waals surface area contributed by atoms with Crippen molar-refractivity contribution in [2.45, 2.75) is 87.1 Å². The molecule has 3 N–H and O–H groups in total. The van der Waals surface area contributed by atoms with Crippen LogP contribution in [0.3, 0.4) is 0 Å². The molecule has 0 aromatic carbocycles. The van der Waals surface area contributed by atoms with Crippen molar-refractivity contribution in [3.8, 4) is 0 Å². The van der Waals surface area contributed by atoms with Crippen LogP contribution in [0.25, 0.3) is 0 Å². The lowest BCUT2D eigenvalue weighted by molar-refractivity contribution is 0.164. The minimum Gasteiger partial charge on any atom is -0.501 e. The van der Waals surface area contributed by atoms with Gasteiger partial charge in [0.15, 0.2) is 0 Å². The summed E-state index contributed by atoms with van der Waals surface area (Å²) < 4.78 is 10.9. The third kappa shape index (κ3) is 15.1. The first-order valence-corrected chi connectivity index (χ1v) is 12.7. The number of methoxy groups -OCH3 is 2. The topological polar surface area (TPSA) is 68.0 Å². The Balaban J connectivity index is -0.00000138. The lowest BCUT2D eigenvalue weighted by atomic mass is 10.1. The number of hydrogen-bond donors (Lipinski definition) is 2. The van der Waals surface area contributed by atoms with Crippen LogP contribution in [-0.2, 0) is 9.47 Å². The molecule has 0 heterocycles. The zero-order valence-electron chi connectivity index (χ0n) is 23.7. The molecule has 2 unspecified atom stereocenters. The average Bonchev–Trinajstić information content (AvgIpc) is 3.29. The van der Waals surface area contributed by atoms with Crippen molar-refractivity contribution in [3.05, 3.63) is 47.0 Å². The molecule has 0 spiro atoms. The van der Waals surface area contributed by atoms with Gasteiger partial charge >= 0.3 is 0 Å². The molecular formula is C28H56N2O3. The van der Waals surface area contributed by atoms with Crippen molar-refractivity contribution in [1.29, 1.82) is 0 Å². The molecule has 33 heavy (non-hydrogen) atoms. The fourth-order valence-corrected chi connectivity index (χ4v) is 3.71. The summed E-state index contributed by atoms with van der Waals surface area (Å²) in [6.07, 6.45) is 12.7. The van der Waals surface area contributed by atoms with Gasteiger partial charge in [0.25, 0.3) is 0 Å². The first-order chi connectivity index (χ1) is 16.0. The van der Waals surface area contributed by atoms with Crippen molar-refractivity contribution in [2.75, 3.05) is 41.0 Å². The van der Waals surface area contributed by atoms with E-state index in [4.69, 9.17) is 20.3 Å². The molecule has 0 saturated heterocycles. The first-order valence-electron chi connectivity index (χ1n) is 12.7. The van der Waals surface area contributed by atoms with Crippen LogP contribution in [0.5, 0.6) is 0 Å². The molecule has 196 valence electrons. The van der Waals surface area contributed by atoms with Crippen molar-refractivity contribution in [2.24, 2.45) is 11.7 Å². The SMILES string of the molecule is C/C=C\C1=C(CC)CC(N(CC/C(=C\C(=C/C)OC)OC)CC(C)CN)C1.CC.CC.CO. The van der Waals surface area contributed by atoms with Crippen molar-refractivity contribution in [1.82, 2.24) is 4.90 Å². The third-order valence-electron chi connectivity index (χ3n) is 5.38. The highest BCUT2D eigenvalue weighted by atomic mass is 16.5. The lowest BCUT2D eigenvalue weighted by Gasteiger charge is -2.31. The van der Waals surface area contributed by atoms with E-state index in [1.54, 1.807) is 19.8 Å². The Kier molecular flexibility index (Phi) is 27.4. The summed E-state index contributed by atoms with van der Waals surface area (Å²) in [4.78, 5) is 2.61. The molecule has 0 amide bonds. The highest BCUT2D eigenvalue weighted by Crippen LogP contribution is 2.33. The second kappa shape index (κ2) is 25.1. The predicted octanol–water partition coefficient (Wildman–Crippen LogP) is 6.46. The summed E-state index contributed by atoms with van der Waals surface area (Å²) in [5.74, 6) is 2.27. The fourth-order valence-electron chi connectivity index (χ4n) is 3.71. The Morgan fingerprint density at radius 2 is 1.73 bits per heavy atom. The van der Waals surface area contributed by atoms with E-state index in [1.165, 1.54) is 5.57 Å². The van der Waals surface area contributed by atoms with Gasteiger partial charge in [0.1, 0.15) is 11.5 Å². The predicted molar refractivity (Wildman–Crippen MR) is 146 cm³/mol. The van der Waals surface area contributed by atoms with Crippen LogP contribution in [-0.4, -0.2) is 57.0 Å². The molecule has 1 aliphatic rings. The molecular weight excluding hydrogens is 412 g/mol. The molecule has 0 bridgehead atoms. The van der Waals surface area contributed by atoms with E-state index < -0.39 is 0 Å². The fraction of sp³-hybridized carbons (Fsp3) is 0.714. The molecule has 1 aliphatic carbocycles. The van der Waals surface area contributed by atoms with Crippen molar-refractivity contribution < 1.29 is 14.6 Å². The highest BCUT2D eigenvalue weighted by molar-refractivity contribution is 5.32. The Morgan fingerprint density at radius 3 is 2.15 bits per heavy atom. The van der Waals surface area contributed by atoms with Gasteiger partial charge in [0.2, 0.25) is 0 Å². The Labute approximate surface area is 206 Å². The summed E-state index contributed by atoms with van der Waals surface area (Å²) in [5.41, 5.74) is 9.04. The van der Waals surface area contributed by atoms with E-state index in [-0.39, 0.29) is 0 Å². The van der Waals surface area contributed by atoms with Gasteiger partial charge < -0.3 is 20.3 Å². The van der Waals surface area contributed by atoms with Gasteiger partial charge in [-0.1, -0.05) is 59.3 Å². The first kappa shape index (κ1) is 36.0.